The molecule has 6 nitrogen and oxygen atoms in total. The Labute approximate surface area is 168 Å². The number of nitrogens with one attached hydrogen (secondary N) is 2. The van der Waals surface area contributed by atoms with Crippen molar-refractivity contribution in [1.29, 1.82) is 0 Å². The van der Waals surface area contributed by atoms with Crippen molar-refractivity contribution in [3.63, 3.8) is 0 Å². The molecule has 0 radical (unpaired) electrons. The van der Waals surface area contributed by atoms with Crippen molar-refractivity contribution < 1.29 is 18.4 Å². The molecule has 3 rings (SSSR count). The van der Waals surface area contributed by atoms with Crippen LogP contribution in [0.3, 0.4) is 0 Å². The van der Waals surface area contributed by atoms with Crippen molar-refractivity contribution in [3.05, 3.63) is 60.2 Å². The van der Waals surface area contributed by atoms with E-state index < -0.39 is 11.6 Å². The van der Waals surface area contributed by atoms with Gasteiger partial charge in [0.2, 0.25) is 11.8 Å². The number of anilines is 2. The van der Waals surface area contributed by atoms with Crippen molar-refractivity contribution >= 4 is 23.2 Å². The van der Waals surface area contributed by atoms with E-state index in [1.165, 1.54) is 24.3 Å². The van der Waals surface area contributed by atoms with Gasteiger partial charge in [0.15, 0.2) is 0 Å². The number of para-hydroxylation sites is 1. The number of carbonyl (C=O) groups excluding carboxylic acids is 2. The fraction of sp³-hybridized carbons (Fsp3) is 0.333. The largest absolute Gasteiger partial charge is 0.325 e. The molecular formula is C21H24F2N4O2. The predicted molar refractivity (Wildman–Crippen MR) is 108 cm³/mol. The molecule has 8 heteroatoms. The van der Waals surface area contributed by atoms with Crippen LogP contribution >= 0.6 is 0 Å². The van der Waals surface area contributed by atoms with Crippen LogP contribution in [0.15, 0.2) is 48.5 Å². The van der Waals surface area contributed by atoms with Gasteiger partial charge in [-0.2, -0.15) is 0 Å². The lowest BCUT2D eigenvalue weighted by atomic mass is 10.2. The van der Waals surface area contributed by atoms with Crippen molar-refractivity contribution in [3.8, 4) is 0 Å². The third-order valence-electron chi connectivity index (χ3n) is 4.74. The molecular weight excluding hydrogens is 378 g/mol. The molecule has 1 fully saturated rings. The highest BCUT2D eigenvalue weighted by Gasteiger charge is 2.19. The molecule has 2 aromatic rings. The zero-order valence-electron chi connectivity index (χ0n) is 16.0. The average molecular weight is 402 g/mol. The maximum Gasteiger partial charge on any atom is 0.238 e. The van der Waals surface area contributed by atoms with Gasteiger partial charge < -0.3 is 15.5 Å². The maximum atomic E-state index is 13.6. The Kier molecular flexibility index (Phi) is 7.26. The van der Waals surface area contributed by atoms with E-state index in [1.54, 1.807) is 24.3 Å². The zero-order valence-corrected chi connectivity index (χ0v) is 16.0. The molecule has 1 aliphatic heterocycles. The summed E-state index contributed by atoms with van der Waals surface area (Å²) >= 11 is 0. The number of hydrogen-bond acceptors (Lipinski definition) is 4. The molecule has 0 unspecified atom stereocenters. The van der Waals surface area contributed by atoms with Gasteiger partial charge in [0.1, 0.15) is 11.6 Å². The first-order valence-corrected chi connectivity index (χ1v) is 9.54. The quantitative estimate of drug-likeness (QED) is 0.747. The summed E-state index contributed by atoms with van der Waals surface area (Å²) in [6.45, 7) is 3.68. The van der Waals surface area contributed by atoms with Gasteiger partial charge in [0.05, 0.1) is 12.2 Å². The van der Waals surface area contributed by atoms with Gasteiger partial charge >= 0.3 is 0 Å². The summed E-state index contributed by atoms with van der Waals surface area (Å²) in [7, 11) is 0. The highest BCUT2D eigenvalue weighted by atomic mass is 19.1. The Morgan fingerprint density at radius 3 is 2.31 bits per heavy atom. The van der Waals surface area contributed by atoms with Gasteiger partial charge in [0, 0.05) is 44.8 Å². The number of amides is 2. The van der Waals surface area contributed by atoms with Gasteiger partial charge in [-0.05, 0) is 30.3 Å². The predicted octanol–water partition coefficient (Wildman–Crippen LogP) is 2.55. The fourth-order valence-corrected chi connectivity index (χ4v) is 3.18. The highest BCUT2D eigenvalue weighted by Crippen LogP contribution is 2.13. The van der Waals surface area contributed by atoms with Crippen LogP contribution < -0.4 is 10.6 Å². The topological polar surface area (TPSA) is 64.7 Å². The van der Waals surface area contributed by atoms with Crippen LogP contribution in [0.4, 0.5) is 20.2 Å². The van der Waals surface area contributed by atoms with E-state index in [2.05, 4.69) is 15.5 Å². The maximum absolute atomic E-state index is 13.6. The van der Waals surface area contributed by atoms with Crippen LogP contribution in [0.25, 0.3) is 0 Å². The molecule has 0 atom stereocenters. The summed E-state index contributed by atoms with van der Waals surface area (Å²) in [5.74, 6) is -1.26. The lowest BCUT2D eigenvalue weighted by Gasteiger charge is -2.34. The minimum absolute atomic E-state index is 0.187. The van der Waals surface area contributed by atoms with Crippen LogP contribution in [-0.4, -0.2) is 60.9 Å². The summed E-state index contributed by atoms with van der Waals surface area (Å²) in [6, 6.07) is 11.9. The van der Waals surface area contributed by atoms with E-state index in [1.807, 2.05) is 4.90 Å². The first-order valence-electron chi connectivity index (χ1n) is 9.54. The smallest absolute Gasteiger partial charge is 0.238 e. The molecule has 2 N–H and O–H groups in total. The SMILES string of the molecule is O=C(CN1CCN(CCC(=O)Nc2ccccc2F)CC1)Nc1cccc(F)c1. The Hall–Kier alpha value is -2.84. The number of benzene rings is 2. The standard InChI is InChI=1S/C21H24F2N4O2/c22-16-4-3-5-17(14-16)24-21(29)15-27-12-10-26(11-13-27)9-8-20(28)25-19-7-2-1-6-18(19)23/h1-7,14H,8-13,15H2,(H,24,29)(H,25,28). The van der Waals surface area contributed by atoms with E-state index in [-0.39, 0.29) is 30.5 Å². The molecule has 29 heavy (non-hydrogen) atoms. The number of carbonyl (C=O) groups is 2. The lowest BCUT2D eigenvalue weighted by Crippen LogP contribution is -2.49. The highest BCUT2D eigenvalue weighted by molar-refractivity contribution is 5.92. The monoisotopic (exact) mass is 402 g/mol. The van der Waals surface area contributed by atoms with Gasteiger partial charge in [0.25, 0.3) is 0 Å². The zero-order chi connectivity index (χ0) is 20.6. The molecule has 0 saturated carbocycles. The Balaban J connectivity index is 1.35. The Morgan fingerprint density at radius 2 is 1.59 bits per heavy atom. The van der Waals surface area contributed by atoms with E-state index >= 15 is 0 Å². The molecule has 2 aromatic carbocycles. The second-order valence-corrected chi connectivity index (χ2v) is 6.95. The van der Waals surface area contributed by atoms with Crippen molar-refractivity contribution in [1.82, 2.24) is 9.80 Å². The number of halogens is 2. The fourth-order valence-electron chi connectivity index (χ4n) is 3.18. The van der Waals surface area contributed by atoms with E-state index in [0.29, 0.717) is 25.3 Å². The summed E-state index contributed by atoms with van der Waals surface area (Å²) in [6.07, 6.45) is 0.272. The van der Waals surface area contributed by atoms with Gasteiger partial charge in [-0.25, -0.2) is 8.78 Å². The summed E-state index contributed by atoms with van der Waals surface area (Å²) < 4.78 is 26.7. The first kappa shape index (κ1) is 20.9. The number of rotatable bonds is 7. The van der Waals surface area contributed by atoms with Crippen molar-refractivity contribution in [2.45, 2.75) is 6.42 Å². The lowest BCUT2D eigenvalue weighted by molar-refractivity contribution is -0.117. The molecule has 1 heterocycles. The molecule has 1 aliphatic rings. The van der Waals surface area contributed by atoms with Crippen LogP contribution in [0.1, 0.15) is 6.42 Å². The first-order chi connectivity index (χ1) is 14.0. The Bertz CT molecular complexity index is 854. The minimum Gasteiger partial charge on any atom is -0.325 e. The average Bonchev–Trinajstić information content (AvgIpc) is 2.69. The van der Waals surface area contributed by atoms with Crippen molar-refractivity contribution in [2.75, 3.05) is 49.9 Å². The number of piperazine rings is 1. The summed E-state index contributed by atoms with van der Waals surface area (Å²) in [4.78, 5) is 28.3. The van der Waals surface area contributed by atoms with Crippen LogP contribution in [0, 0.1) is 11.6 Å². The van der Waals surface area contributed by atoms with E-state index in [9.17, 15) is 18.4 Å². The molecule has 0 aromatic heterocycles. The third kappa shape index (κ3) is 6.62. The summed E-state index contributed by atoms with van der Waals surface area (Å²) in [5.41, 5.74) is 0.626. The summed E-state index contributed by atoms with van der Waals surface area (Å²) in [5, 5.41) is 5.27. The van der Waals surface area contributed by atoms with Crippen LogP contribution in [0.5, 0.6) is 0 Å². The minimum atomic E-state index is -0.453. The number of nitrogens with zero attached hydrogens (tertiary/aromatic N) is 2. The Morgan fingerprint density at radius 1 is 0.862 bits per heavy atom. The normalized spacial score (nSPS) is 15.1. The van der Waals surface area contributed by atoms with E-state index in [0.717, 1.165) is 13.1 Å². The molecule has 0 spiro atoms. The number of hydrogen-bond donors (Lipinski definition) is 2. The van der Waals surface area contributed by atoms with Gasteiger partial charge in [-0.1, -0.05) is 18.2 Å². The molecule has 1 saturated heterocycles. The van der Waals surface area contributed by atoms with E-state index in [4.69, 9.17) is 0 Å². The molecule has 0 aliphatic carbocycles. The second kappa shape index (κ2) is 10.1. The van der Waals surface area contributed by atoms with Crippen LogP contribution in [-0.2, 0) is 9.59 Å². The molecule has 154 valence electrons. The van der Waals surface area contributed by atoms with Crippen molar-refractivity contribution in [2.24, 2.45) is 0 Å². The third-order valence-corrected chi connectivity index (χ3v) is 4.74. The molecule has 0 bridgehead atoms. The van der Waals surface area contributed by atoms with Crippen LogP contribution in [0.2, 0.25) is 0 Å². The van der Waals surface area contributed by atoms with Gasteiger partial charge in [-0.15, -0.1) is 0 Å². The van der Waals surface area contributed by atoms with Gasteiger partial charge in [-0.3, -0.25) is 14.5 Å². The second-order valence-electron chi connectivity index (χ2n) is 6.95. The molecule has 2 amide bonds.